The number of thioether (sulfide) groups is 1. The summed E-state index contributed by atoms with van der Waals surface area (Å²) in [6.07, 6.45) is 0. The van der Waals surface area contributed by atoms with E-state index in [1.807, 2.05) is 32.0 Å². The van der Waals surface area contributed by atoms with Crippen molar-refractivity contribution in [2.24, 2.45) is 0 Å². The lowest BCUT2D eigenvalue weighted by Gasteiger charge is -2.12. The highest BCUT2D eigenvalue weighted by atomic mass is 35.5. The van der Waals surface area contributed by atoms with Gasteiger partial charge >= 0.3 is 0 Å². The number of nitrogens with zero attached hydrogens (tertiary/aromatic N) is 2. The highest BCUT2D eigenvalue weighted by Crippen LogP contribution is 2.35. The Balaban J connectivity index is 1.57. The number of hydrogen-bond acceptors (Lipinski definition) is 7. The molecule has 10 heteroatoms. The molecule has 0 aliphatic rings. The molecule has 0 unspecified atom stereocenters. The van der Waals surface area contributed by atoms with Crippen LogP contribution in [0, 0.1) is 13.8 Å². The maximum Gasteiger partial charge on any atom is 0.269 e. The van der Waals surface area contributed by atoms with E-state index >= 15 is 0 Å². The first-order valence-corrected chi connectivity index (χ1v) is 11.2. The van der Waals surface area contributed by atoms with Crippen molar-refractivity contribution in [3.63, 3.8) is 0 Å². The third-order valence-corrected chi connectivity index (χ3v) is 5.73. The highest BCUT2D eigenvalue weighted by Gasteiger charge is 2.16. The van der Waals surface area contributed by atoms with E-state index in [9.17, 15) is 9.59 Å². The molecule has 0 fully saturated rings. The lowest BCUT2D eigenvalue weighted by molar-refractivity contribution is 0.0846. The minimum atomic E-state index is -0.548. The molecular formula is C23H23ClN4O4S. The van der Waals surface area contributed by atoms with Gasteiger partial charge in [0, 0.05) is 28.3 Å². The predicted molar refractivity (Wildman–Crippen MR) is 127 cm³/mol. The Morgan fingerprint density at radius 1 is 0.909 bits per heavy atom. The number of nitrogens with one attached hydrogen (secondary N) is 2. The number of halogens is 1. The summed E-state index contributed by atoms with van der Waals surface area (Å²) in [7, 11) is 2.89. The zero-order valence-electron chi connectivity index (χ0n) is 18.6. The monoisotopic (exact) mass is 486 g/mol. The van der Waals surface area contributed by atoms with Crippen LogP contribution in [0.5, 0.6) is 11.5 Å². The van der Waals surface area contributed by atoms with E-state index in [4.69, 9.17) is 21.1 Å². The van der Waals surface area contributed by atoms with Crippen LogP contribution in [-0.4, -0.2) is 36.0 Å². The van der Waals surface area contributed by atoms with E-state index in [1.165, 1.54) is 38.1 Å². The fourth-order valence-corrected chi connectivity index (χ4v) is 4.16. The van der Waals surface area contributed by atoms with Crippen molar-refractivity contribution in [3.8, 4) is 11.5 Å². The summed E-state index contributed by atoms with van der Waals surface area (Å²) in [6, 6.07) is 11.9. The number of methoxy groups -OCH3 is 2. The van der Waals surface area contributed by atoms with E-state index in [-0.39, 0.29) is 10.6 Å². The summed E-state index contributed by atoms with van der Waals surface area (Å²) >= 11 is 7.65. The van der Waals surface area contributed by atoms with Crippen molar-refractivity contribution in [2.75, 3.05) is 14.2 Å². The second kappa shape index (κ2) is 11.0. The van der Waals surface area contributed by atoms with Crippen LogP contribution in [0.3, 0.4) is 0 Å². The molecule has 0 aliphatic carbocycles. The second-order valence-corrected chi connectivity index (χ2v) is 8.37. The van der Waals surface area contributed by atoms with Crippen LogP contribution in [0.2, 0.25) is 5.02 Å². The largest absolute Gasteiger partial charge is 0.493 e. The van der Waals surface area contributed by atoms with Gasteiger partial charge in [-0.15, -0.1) is 0 Å². The quantitative estimate of drug-likeness (QED) is 0.294. The topological polar surface area (TPSA) is 102 Å². The second-order valence-electron chi connectivity index (χ2n) is 7.02. The molecule has 33 heavy (non-hydrogen) atoms. The number of hydrogen-bond donors (Lipinski definition) is 2. The molecule has 2 amide bonds. The molecule has 3 aromatic rings. The Bertz CT molecular complexity index is 1150. The van der Waals surface area contributed by atoms with E-state index in [2.05, 4.69) is 20.8 Å². The smallest absolute Gasteiger partial charge is 0.269 e. The Kier molecular flexibility index (Phi) is 8.13. The fourth-order valence-electron chi connectivity index (χ4n) is 2.97. The maximum absolute atomic E-state index is 12.4. The van der Waals surface area contributed by atoms with E-state index in [0.717, 1.165) is 17.0 Å². The summed E-state index contributed by atoms with van der Waals surface area (Å²) in [5.41, 5.74) is 8.24. The molecule has 0 bridgehead atoms. The van der Waals surface area contributed by atoms with Gasteiger partial charge in [-0.25, -0.2) is 9.97 Å². The molecule has 1 heterocycles. The van der Waals surface area contributed by atoms with Gasteiger partial charge in [0.05, 0.1) is 19.2 Å². The predicted octanol–water partition coefficient (Wildman–Crippen LogP) is 4.13. The third-order valence-electron chi connectivity index (χ3n) is 4.53. The average molecular weight is 487 g/mol. The summed E-state index contributed by atoms with van der Waals surface area (Å²) in [5.74, 6) is 0.296. The van der Waals surface area contributed by atoms with Gasteiger partial charge in [-0.3, -0.25) is 20.4 Å². The summed E-state index contributed by atoms with van der Waals surface area (Å²) in [5, 5.41) is 0.931. The Morgan fingerprint density at radius 3 is 2.09 bits per heavy atom. The van der Waals surface area contributed by atoms with Crippen LogP contribution in [-0.2, 0) is 5.75 Å². The third kappa shape index (κ3) is 6.36. The first-order valence-electron chi connectivity index (χ1n) is 9.87. The minimum absolute atomic E-state index is 0.207. The molecule has 0 spiro atoms. The summed E-state index contributed by atoms with van der Waals surface area (Å²) in [6.45, 7) is 3.87. The number of ether oxygens (including phenoxy) is 2. The Morgan fingerprint density at radius 2 is 1.52 bits per heavy atom. The first-order chi connectivity index (χ1) is 15.8. The van der Waals surface area contributed by atoms with Gasteiger partial charge in [0.1, 0.15) is 0 Å². The SMILES string of the molecule is COc1cc(C(=O)NNC(=O)c2ccc(CSc3nc(C)cc(C)n3)cc2)cc(Cl)c1OC. The number of carbonyl (C=O) groups is 2. The first kappa shape index (κ1) is 24.3. The van der Waals surface area contributed by atoms with Crippen LogP contribution in [0.1, 0.15) is 37.7 Å². The number of carbonyl (C=O) groups excluding carboxylic acids is 2. The van der Waals surface area contributed by atoms with Crippen LogP contribution in [0.25, 0.3) is 0 Å². The number of aromatic nitrogens is 2. The van der Waals surface area contributed by atoms with Gasteiger partial charge in [-0.1, -0.05) is 35.5 Å². The number of amides is 2. The molecule has 8 nitrogen and oxygen atoms in total. The normalized spacial score (nSPS) is 10.5. The van der Waals surface area contributed by atoms with Crippen LogP contribution >= 0.6 is 23.4 Å². The molecule has 0 saturated carbocycles. The molecule has 0 aliphatic heterocycles. The van der Waals surface area contributed by atoms with Gasteiger partial charge < -0.3 is 9.47 Å². The summed E-state index contributed by atoms with van der Waals surface area (Å²) < 4.78 is 10.3. The fraction of sp³-hybridized carbons (Fsp3) is 0.217. The van der Waals surface area contributed by atoms with E-state index < -0.39 is 11.8 Å². The highest BCUT2D eigenvalue weighted by molar-refractivity contribution is 7.98. The zero-order valence-corrected chi connectivity index (χ0v) is 20.1. The Labute approximate surface area is 201 Å². The molecule has 0 radical (unpaired) electrons. The van der Waals surface area contributed by atoms with Crippen molar-refractivity contribution < 1.29 is 19.1 Å². The maximum atomic E-state index is 12.4. The van der Waals surface area contributed by atoms with Crippen LogP contribution in [0.4, 0.5) is 0 Å². The van der Waals surface area contributed by atoms with Gasteiger partial charge in [0.2, 0.25) is 0 Å². The van der Waals surface area contributed by atoms with Crippen molar-refractivity contribution >= 4 is 35.2 Å². The van der Waals surface area contributed by atoms with Crippen LogP contribution < -0.4 is 20.3 Å². The molecule has 172 valence electrons. The van der Waals surface area contributed by atoms with Gasteiger partial charge in [0.25, 0.3) is 11.8 Å². The molecule has 3 rings (SSSR count). The van der Waals surface area contributed by atoms with Gasteiger partial charge in [-0.2, -0.15) is 0 Å². The van der Waals surface area contributed by atoms with Gasteiger partial charge in [0.15, 0.2) is 16.7 Å². The van der Waals surface area contributed by atoms with Gasteiger partial charge in [-0.05, 0) is 49.7 Å². The van der Waals surface area contributed by atoms with Crippen molar-refractivity contribution in [1.29, 1.82) is 0 Å². The molecule has 2 N–H and O–H groups in total. The minimum Gasteiger partial charge on any atom is -0.493 e. The zero-order chi connectivity index (χ0) is 24.0. The Hall–Kier alpha value is -3.30. The number of rotatable bonds is 7. The summed E-state index contributed by atoms with van der Waals surface area (Å²) in [4.78, 5) is 33.7. The average Bonchev–Trinajstić information content (AvgIpc) is 2.80. The van der Waals surface area contributed by atoms with Crippen LogP contribution in [0.15, 0.2) is 47.6 Å². The lowest BCUT2D eigenvalue weighted by Crippen LogP contribution is -2.41. The standard InChI is InChI=1S/C23H23ClN4O4S/c1-13-9-14(2)26-23(25-13)33-12-15-5-7-16(8-6-15)21(29)27-28-22(30)17-10-18(24)20(32-4)19(11-17)31-3/h5-11H,12H2,1-4H3,(H,27,29)(H,28,30). The molecule has 0 saturated heterocycles. The van der Waals surface area contributed by atoms with Crippen molar-refractivity contribution in [3.05, 3.63) is 75.6 Å². The number of benzene rings is 2. The molecule has 1 aromatic heterocycles. The molecule has 2 aromatic carbocycles. The number of aryl methyl sites for hydroxylation is 2. The van der Waals surface area contributed by atoms with E-state index in [0.29, 0.717) is 28.0 Å². The van der Waals surface area contributed by atoms with E-state index in [1.54, 1.807) is 12.1 Å². The van der Waals surface area contributed by atoms with Crippen molar-refractivity contribution in [2.45, 2.75) is 24.8 Å². The number of hydrazine groups is 1. The van der Waals surface area contributed by atoms with Crippen molar-refractivity contribution in [1.82, 2.24) is 20.8 Å². The molecular weight excluding hydrogens is 464 g/mol. The lowest BCUT2D eigenvalue weighted by atomic mass is 10.1. The molecule has 0 atom stereocenters.